The van der Waals surface area contributed by atoms with E-state index < -0.39 is 34.1 Å². The van der Waals surface area contributed by atoms with Gasteiger partial charge in [0.15, 0.2) is 0 Å². The Morgan fingerprint density at radius 1 is 0.949 bits per heavy atom. The van der Waals surface area contributed by atoms with Gasteiger partial charge in [-0.3, -0.25) is 13.9 Å². The van der Waals surface area contributed by atoms with E-state index in [1.54, 1.807) is 68.4 Å². The van der Waals surface area contributed by atoms with E-state index in [-0.39, 0.29) is 23.0 Å². The molecule has 1 atom stereocenters. The molecule has 3 rings (SSSR count). The van der Waals surface area contributed by atoms with Crippen LogP contribution in [0.15, 0.2) is 77.7 Å². The van der Waals surface area contributed by atoms with Crippen molar-refractivity contribution in [1.82, 2.24) is 10.2 Å². The summed E-state index contributed by atoms with van der Waals surface area (Å²) >= 11 is 12.4. The summed E-state index contributed by atoms with van der Waals surface area (Å²) in [5, 5.41) is 3.80. The highest BCUT2D eigenvalue weighted by Gasteiger charge is 2.33. The number of amides is 2. The molecule has 39 heavy (non-hydrogen) atoms. The van der Waals surface area contributed by atoms with Crippen molar-refractivity contribution >= 4 is 50.7 Å². The fourth-order valence-corrected chi connectivity index (χ4v) is 5.56. The summed E-state index contributed by atoms with van der Waals surface area (Å²) < 4.78 is 28.6. The Bertz CT molecular complexity index is 1420. The number of anilines is 1. The Kier molecular flexibility index (Phi) is 9.69. The standard InChI is InChI=1S/C29H33Cl2N3O4S/c1-20-11-16-24(17-26(20)31)34(39(37,38)25-9-7-6-8-10-25)19-27(35)33(18-22-12-14-23(30)15-13-22)21(2)28(36)32-29(3,4)5/h6-17,21H,18-19H2,1-5H3,(H,32,36). The molecule has 0 aliphatic carbocycles. The number of aryl methyl sites for hydroxylation is 1. The first-order valence-electron chi connectivity index (χ1n) is 12.4. The molecule has 2 amide bonds. The third kappa shape index (κ3) is 7.97. The second kappa shape index (κ2) is 12.4. The molecular formula is C29H33Cl2N3O4S. The molecule has 0 heterocycles. The molecule has 3 aromatic carbocycles. The van der Waals surface area contributed by atoms with Gasteiger partial charge in [0.1, 0.15) is 12.6 Å². The molecule has 0 radical (unpaired) electrons. The largest absolute Gasteiger partial charge is 0.350 e. The lowest BCUT2D eigenvalue weighted by Crippen LogP contribution is -2.54. The first kappa shape index (κ1) is 30.5. The van der Waals surface area contributed by atoms with Gasteiger partial charge in [0.2, 0.25) is 11.8 Å². The van der Waals surface area contributed by atoms with Gasteiger partial charge in [0, 0.05) is 22.1 Å². The number of halogens is 2. The van der Waals surface area contributed by atoms with Crippen LogP contribution >= 0.6 is 23.2 Å². The highest BCUT2D eigenvalue weighted by atomic mass is 35.5. The lowest BCUT2D eigenvalue weighted by atomic mass is 10.1. The maximum atomic E-state index is 13.9. The van der Waals surface area contributed by atoms with E-state index in [2.05, 4.69) is 5.32 Å². The Labute approximate surface area is 240 Å². The van der Waals surface area contributed by atoms with Crippen LogP contribution in [-0.2, 0) is 26.2 Å². The first-order chi connectivity index (χ1) is 18.2. The van der Waals surface area contributed by atoms with Gasteiger partial charge in [0.05, 0.1) is 10.6 Å². The van der Waals surface area contributed by atoms with E-state index in [4.69, 9.17) is 23.2 Å². The molecule has 0 bridgehead atoms. The molecule has 10 heteroatoms. The zero-order valence-electron chi connectivity index (χ0n) is 22.6. The average molecular weight is 591 g/mol. The monoisotopic (exact) mass is 589 g/mol. The van der Waals surface area contributed by atoms with Crippen molar-refractivity contribution in [2.24, 2.45) is 0 Å². The molecule has 1 unspecified atom stereocenters. The number of hydrogen-bond donors (Lipinski definition) is 1. The van der Waals surface area contributed by atoms with Gasteiger partial charge < -0.3 is 10.2 Å². The minimum absolute atomic E-state index is 0.0253. The van der Waals surface area contributed by atoms with Gasteiger partial charge in [-0.2, -0.15) is 0 Å². The third-order valence-electron chi connectivity index (χ3n) is 5.99. The molecule has 0 aliphatic heterocycles. The quantitative estimate of drug-likeness (QED) is 0.340. The van der Waals surface area contributed by atoms with Crippen LogP contribution in [0.3, 0.4) is 0 Å². The van der Waals surface area contributed by atoms with Crippen LogP contribution in [0.1, 0.15) is 38.8 Å². The number of rotatable bonds is 9. The number of carbonyl (C=O) groups excluding carboxylic acids is 2. The van der Waals surface area contributed by atoms with Crippen LogP contribution < -0.4 is 9.62 Å². The molecule has 0 aliphatic rings. The lowest BCUT2D eigenvalue weighted by Gasteiger charge is -2.33. The second-order valence-corrected chi connectivity index (χ2v) is 13.0. The molecule has 0 fully saturated rings. The first-order valence-corrected chi connectivity index (χ1v) is 14.6. The minimum Gasteiger partial charge on any atom is -0.350 e. The summed E-state index contributed by atoms with van der Waals surface area (Å²) in [6.07, 6.45) is 0. The summed E-state index contributed by atoms with van der Waals surface area (Å²) in [4.78, 5) is 28.4. The number of hydrogen-bond acceptors (Lipinski definition) is 4. The summed E-state index contributed by atoms with van der Waals surface area (Å²) in [6, 6.07) is 18.7. The predicted molar refractivity (Wildman–Crippen MR) is 157 cm³/mol. The second-order valence-electron chi connectivity index (χ2n) is 10.3. The van der Waals surface area contributed by atoms with Crippen LogP contribution in [0.4, 0.5) is 5.69 Å². The topological polar surface area (TPSA) is 86.8 Å². The van der Waals surface area contributed by atoms with Gasteiger partial charge in [0.25, 0.3) is 10.0 Å². The molecule has 0 saturated carbocycles. The van der Waals surface area contributed by atoms with E-state index in [0.717, 1.165) is 15.4 Å². The highest BCUT2D eigenvalue weighted by molar-refractivity contribution is 7.92. The van der Waals surface area contributed by atoms with Crippen molar-refractivity contribution in [2.45, 2.75) is 57.6 Å². The number of nitrogens with one attached hydrogen (secondary N) is 1. The fraction of sp³-hybridized carbons (Fsp3) is 0.310. The molecule has 7 nitrogen and oxygen atoms in total. The van der Waals surface area contributed by atoms with E-state index in [1.807, 2.05) is 20.8 Å². The molecule has 0 saturated heterocycles. The fourth-order valence-electron chi connectivity index (χ4n) is 3.83. The Balaban J connectivity index is 2.04. The summed E-state index contributed by atoms with van der Waals surface area (Å²) in [5.41, 5.74) is 1.21. The van der Waals surface area contributed by atoms with Gasteiger partial charge in [-0.1, -0.05) is 59.6 Å². The predicted octanol–water partition coefficient (Wildman–Crippen LogP) is 5.83. The molecule has 1 N–H and O–H groups in total. The summed E-state index contributed by atoms with van der Waals surface area (Å²) in [7, 11) is -4.16. The maximum absolute atomic E-state index is 13.9. The molecular weight excluding hydrogens is 557 g/mol. The van der Waals surface area contributed by atoms with Crippen molar-refractivity contribution in [1.29, 1.82) is 0 Å². The van der Waals surface area contributed by atoms with Crippen molar-refractivity contribution in [2.75, 3.05) is 10.8 Å². The van der Waals surface area contributed by atoms with Gasteiger partial charge in [-0.15, -0.1) is 0 Å². The zero-order valence-corrected chi connectivity index (χ0v) is 24.9. The van der Waals surface area contributed by atoms with Gasteiger partial charge in [-0.25, -0.2) is 8.42 Å². The van der Waals surface area contributed by atoms with Gasteiger partial charge >= 0.3 is 0 Å². The Morgan fingerprint density at radius 2 is 1.56 bits per heavy atom. The van der Waals surface area contributed by atoms with Crippen molar-refractivity contribution < 1.29 is 18.0 Å². The van der Waals surface area contributed by atoms with Gasteiger partial charge in [-0.05, 0) is 82.1 Å². The number of benzene rings is 3. The lowest BCUT2D eigenvalue weighted by molar-refractivity contribution is -0.140. The Hall–Kier alpha value is -3.07. The highest BCUT2D eigenvalue weighted by Crippen LogP contribution is 2.28. The number of carbonyl (C=O) groups is 2. The van der Waals surface area contributed by atoms with E-state index in [9.17, 15) is 18.0 Å². The zero-order chi connectivity index (χ0) is 29.0. The molecule has 208 valence electrons. The Morgan fingerprint density at radius 3 is 2.13 bits per heavy atom. The average Bonchev–Trinajstić information content (AvgIpc) is 2.87. The van der Waals surface area contributed by atoms with Crippen molar-refractivity contribution in [3.05, 3.63) is 94.0 Å². The third-order valence-corrected chi connectivity index (χ3v) is 8.43. The molecule has 3 aromatic rings. The van der Waals surface area contributed by atoms with Crippen LogP contribution in [0.2, 0.25) is 10.0 Å². The van der Waals surface area contributed by atoms with E-state index >= 15 is 0 Å². The van der Waals surface area contributed by atoms with Crippen LogP contribution in [0.5, 0.6) is 0 Å². The summed E-state index contributed by atoms with van der Waals surface area (Å²) in [5.74, 6) is -0.918. The molecule has 0 spiro atoms. The molecule has 0 aromatic heterocycles. The maximum Gasteiger partial charge on any atom is 0.264 e. The minimum atomic E-state index is -4.16. The number of sulfonamides is 1. The summed E-state index contributed by atoms with van der Waals surface area (Å²) in [6.45, 7) is 8.49. The van der Waals surface area contributed by atoms with Crippen LogP contribution in [0, 0.1) is 6.92 Å². The van der Waals surface area contributed by atoms with E-state index in [1.165, 1.54) is 23.1 Å². The van der Waals surface area contributed by atoms with Crippen LogP contribution in [-0.4, -0.2) is 43.3 Å². The smallest absolute Gasteiger partial charge is 0.264 e. The van der Waals surface area contributed by atoms with Crippen LogP contribution in [0.25, 0.3) is 0 Å². The number of nitrogens with zero attached hydrogens (tertiary/aromatic N) is 2. The SMILES string of the molecule is Cc1ccc(N(CC(=O)N(Cc2ccc(Cl)cc2)C(C)C(=O)NC(C)(C)C)S(=O)(=O)c2ccccc2)cc1Cl. The van der Waals surface area contributed by atoms with Crippen molar-refractivity contribution in [3.63, 3.8) is 0 Å². The van der Waals surface area contributed by atoms with Crippen molar-refractivity contribution in [3.8, 4) is 0 Å². The normalized spacial score (nSPS) is 12.5. The van der Waals surface area contributed by atoms with E-state index in [0.29, 0.717) is 10.0 Å².